The fourth-order valence-electron chi connectivity index (χ4n) is 2.15. The predicted molar refractivity (Wildman–Crippen MR) is 82.4 cm³/mol. The molecule has 5 heteroatoms. The maximum absolute atomic E-state index is 11.1. The van der Waals surface area contributed by atoms with Crippen LogP contribution in [0.15, 0.2) is 73.1 Å². The van der Waals surface area contributed by atoms with Crippen LogP contribution in [0.3, 0.4) is 0 Å². The maximum Gasteiger partial charge on any atom is 2.00 e. The van der Waals surface area contributed by atoms with E-state index in [1.54, 1.807) is 24.5 Å². The van der Waals surface area contributed by atoms with E-state index >= 15 is 0 Å². The Morgan fingerprint density at radius 1 is 0.565 bits per heavy atom. The molecule has 23 heavy (non-hydrogen) atoms. The maximum atomic E-state index is 11.1. The molecule has 2 heterocycles. The number of para-hydroxylation sites is 2. The molecular weight excluding hydrogens is 335 g/mol. The van der Waals surface area contributed by atoms with Crippen molar-refractivity contribution in [2.45, 2.75) is 0 Å². The normalized spacial score (nSPS) is 9.74. The molecule has 4 aromatic rings. The monoisotopic (exact) mass is 347 g/mol. The Hall–Kier alpha value is -2.63. The summed E-state index contributed by atoms with van der Waals surface area (Å²) in [5.41, 5.74) is 1.10. The van der Waals surface area contributed by atoms with E-state index in [4.69, 9.17) is 0 Å². The standard InChI is InChI=1S/2C9H7NO.Co/c2*11-8-5-1-3-7-4-2-6-10-9(7)8;/h2*1-6,11H;/q;;+2/p-2. The molecule has 2 aromatic carbocycles. The Balaban J connectivity index is 0.000000160. The van der Waals surface area contributed by atoms with Gasteiger partial charge in [0.25, 0.3) is 0 Å². The summed E-state index contributed by atoms with van der Waals surface area (Å²) in [4.78, 5) is 7.94. The van der Waals surface area contributed by atoms with Gasteiger partial charge in [0.2, 0.25) is 0 Å². The number of rotatable bonds is 0. The van der Waals surface area contributed by atoms with Gasteiger partial charge >= 0.3 is 16.8 Å². The third kappa shape index (κ3) is 3.77. The van der Waals surface area contributed by atoms with Gasteiger partial charge in [0.05, 0.1) is 11.0 Å². The topological polar surface area (TPSA) is 71.9 Å². The number of hydrogen-bond donors (Lipinski definition) is 0. The molecule has 0 fully saturated rings. The van der Waals surface area contributed by atoms with E-state index < -0.39 is 0 Å². The van der Waals surface area contributed by atoms with Crippen molar-refractivity contribution in [2.75, 3.05) is 0 Å². The van der Waals surface area contributed by atoms with Gasteiger partial charge in [-0.3, -0.25) is 9.97 Å². The fourth-order valence-corrected chi connectivity index (χ4v) is 2.15. The second-order valence-electron chi connectivity index (χ2n) is 4.66. The van der Waals surface area contributed by atoms with Crippen LogP contribution in [0.25, 0.3) is 21.8 Å². The zero-order valence-corrected chi connectivity index (χ0v) is 13.0. The second-order valence-corrected chi connectivity index (χ2v) is 4.66. The molecule has 4 nitrogen and oxygen atoms in total. The van der Waals surface area contributed by atoms with Crippen molar-refractivity contribution in [1.82, 2.24) is 9.97 Å². The Morgan fingerprint density at radius 2 is 0.957 bits per heavy atom. The van der Waals surface area contributed by atoms with Crippen LogP contribution < -0.4 is 10.2 Å². The minimum Gasteiger partial charge on any atom is -0.871 e. The van der Waals surface area contributed by atoms with Gasteiger partial charge in [-0.1, -0.05) is 60.0 Å². The average Bonchev–Trinajstić information content (AvgIpc) is 2.57. The fraction of sp³-hybridized carbons (Fsp3) is 0. The van der Waals surface area contributed by atoms with Gasteiger partial charge in [0.1, 0.15) is 0 Å². The third-order valence-electron chi connectivity index (χ3n) is 3.19. The van der Waals surface area contributed by atoms with E-state index in [9.17, 15) is 10.2 Å². The molecule has 4 rings (SSSR count). The molecule has 0 N–H and O–H groups in total. The molecule has 0 bridgehead atoms. The van der Waals surface area contributed by atoms with Crippen LogP contribution in [-0.2, 0) is 16.8 Å². The van der Waals surface area contributed by atoms with Crippen LogP contribution in [-0.4, -0.2) is 9.97 Å². The Labute approximate surface area is 143 Å². The summed E-state index contributed by atoms with van der Waals surface area (Å²) in [6, 6.07) is 17.7. The molecule has 2 aromatic heterocycles. The van der Waals surface area contributed by atoms with Gasteiger partial charge in [0.15, 0.2) is 0 Å². The SMILES string of the molecule is [Co+2].[O-]c1cccc2cccnc12.[O-]c1cccc2cccnc12. The zero-order valence-electron chi connectivity index (χ0n) is 12.0. The summed E-state index contributed by atoms with van der Waals surface area (Å²) in [7, 11) is 0. The molecular formula is C18H12CoN2O2. The van der Waals surface area contributed by atoms with Crippen molar-refractivity contribution in [3.8, 4) is 11.5 Å². The van der Waals surface area contributed by atoms with Crippen LogP contribution >= 0.6 is 0 Å². The van der Waals surface area contributed by atoms with Crippen molar-refractivity contribution >= 4 is 21.8 Å². The van der Waals surface area contributed by atoms with E-state index in [-0.39, 0.29) is 28.3 Å². The van der Waals surface area contributed by atoms with Gasteiger partial charge in [-0.2, -0.15) is 0 Å². The van der Waals surface area contributed by atoms with Crippen molar-refractivity contribution in [3.63, 3.8) is 0 Å². The summed E-state index contributed by atoms with van der Waals surface area (Å²) >= 11 is 0. The molecule has 0 spiro atoms. The molecule has 1 radical (unpaired) electrons. The Bertz CT molecular complexity index is 841. The summed E-state index contributed by atoms with van der Waals surface area (Å²) in [6.45, 7) is 0. The average molecular weight is 347 g/mol. The summed E-state index contributed by atoms with van der Waals surface area (Å²) in [5, 5.41) is 24.0. The Morgan fingerprint density at radius 3 is 1.35 bits per heavy atom. The van der Waals surface area contributed by atoms with Gasteiger partial charge in [-0.25, -0.2) is 0 Å². The molecule has 0 amide bonds. The number of pyridine rings is 2. The number of benzene rings is 2. The van der Waals surface area contributed by atoms with Crippen molar-refractivity contribution < 1.29 is 27.0 Å². The van der Waals surface area contributed by atoms with Crippen molar-refractivity contribution in [3.05, 3.63) is 73.1 Å². The van der Waals surface area contributed by atoms with Crippen LogP contribution in [0.4, 0.5) is 0 Å². The molecule has 0 saturated carbocycles. The minimum absolute atomic E-state index is 0. The predicted octanol–water partition coefficient (Wildman–Crippen LogP) is 2.61. The summed E-state index contributed by atoms with van der Waals surface area (Å²) < 4.78 is 0. The molecule has 115 valence electrons. The third-order valence-corrected chi connectivity index (χ3v) is 3.19. The van der Waals surface area contributed by atoms with Gasteiger partial charge in [-0.15, -0.1) is 0 Å². The van der Waals surface area contributed by atoms with E-state index in [2.05, 4.69) is 9.97 Å². The van der Waals surface area contributed by atoms with E-state index in [0.29, 0.717) is 11.0 Å². The van der Waals surface area contributed by atoms with Crippen LogP contribution in [0, 0.1) is 0 Å². The van der Waals surface area contributed by atoms with Gasteiger partial charge in [-0.05, 0) is 22.9 Å². The first-order chi connectivity index (χ1) is 10.8. The first-order valence-corrected chi connectivity index (χ1v) is 6.77. The molecule has 0 saturated heterocycles. The molecule has 0 atom stereocenters. The Kier molecular flexibility index (Phi) is 5.51. The first-order valence-electron chi connectivity index (χ1n) is 6.77. The van der Waals surface area contributed by atoms with E-state index in [0.717, 1.165) is 10.8 Å². The molecule has 0 aliphatic carbocycles. The molecule has 0 aliphatic rings. The minimum atomic E-state index is -0.0110. The van der Waals surface area contributed by atoms with Gasteiger partial charge < -0.3 is 10.2 Å². The largest absolute Gasteiger partial charge is 2.00 e. The first kappa shape index (κ1) is 16.7. The quantitative estimate of drug-likeness (QED) is 0.490. The molecule has 0 aliphatic heterocycles. The van der Waals surface area contributed by atoms with Crippen LogP contribution in [0.1, 0.15) is 0 Å². The van der Waals surface area contributed by atoms with Crippen LogP contribution in [0.2, 0.25) is 0 Å². The number of hydrogen-bond acceptors (Lipinski definition) is 4. The van der Waals surface area contributed by atoms with Crippen molar-refractivity contribution in [2.24, 2.45) is 0 Å². The summed E-state index contributed by atoms with van der Waals surface area (Å²) in [5.74, 6) is -0.0220. The van der Waals surface area contributed by atoms with Crippen LogP contribution in [0.5, 0.6) is 11.5 Å². The van der Waals surface area contributed by atoms with E-state index in [1.807, 2.05) is 36.4 Å². The number of aromatic nitrogens is 2. The smallest absolute Gasteiger partial charge is 0.871 e. The van der Waals surface area contributed by atoms with E-state index in [1.165, 1.54) is 12.1 Å². The molecule has 0 unspecified atom stereocenters. The summed E-state index contributed by atoms with van der Waals surface area (Å²) in [6.07, 6.45) is 3.26. The number of nitrogens with zero attached hydrogens (tertiary/aromatic N) is 2. The zero-order chi connectivity index (χ0) is 15.4. The van der Waals surface area contributed by atoms with Crippen molar-refractivity contribution in [1.29, 1.82) is 0 Å². The second kappa shape index (κ2) is 7.58. The number of fused-ring (bicyclic) bond motifs is 2. The van der Waals surface area contributed by atoms with Gasteiger partial charge in [0, 0.05) is 12.4 Å².